The van der Waals surface area contributed by atoms with E-state index in [-0.39, 0.29) is 11.8 Å². The summed E-state index contributed by atoms with van der Waals surface area (Å²) in [5, 5.41) is 7.66. The number of aromatic nitrogens is 3. The first-order chi connectivity index (χ1) is 15.0. The highest BCUT2D eigenvalue weighted by Crippen LogP contribution is 2.25. The van der Waals surface area contributed by atoms with Crippen molar-refractivity contribution in [2.45, 2.75) is 40.2 Å². The second kappa shape index (κ2) is 9.01. The lowest BCUT2D eigenvalue weighted by molar-refractivity contribution is 0.0952. The Bertz CT molecular complexity index is 1050. The number of piperazine rings is 1. The number of nitrogens with zero attached hydrogens (tertiary/aromatic N) is 5. The van der Waals surface area contributed by atoms with Gasteiger partial charge in [-0.05, 0) is 37.1 Å². The predicted octanol–water partition coefficient (Wildman–Crippen LogP) is 3.12. The predicted molar refractivity (Wildman–Crippen MR) is 120 cm³/mol. The van der Waals surface area contributed by atoms with Crippen LogP contribution < -0.4 is 10.2 Å². The Morgan fingerprint density at radius 2 is 2.00 bits per heavy atom. The molecule has 3 aromatic heterocycles. The maximum Gasteiger partial charge on any atom is 0.259 e. The van der Waals surface area contributed by atoms with Crippen LogP contribution in [-0.2, 0) is 6.54 Å². The Morgan fingerprint density at radius 3 is 2.65 bits per heavy atom. The van der Waals surface area contributed by atoms with Crippen molar-refractivity contribution in [1.29, 1.82) is 0 Å². The van der Waals surface area contributed by atoms with Gasteiger partial charge in [0.25, 0.3) is 11.6 Å². The van der Waals surface area contributed by atoms with E-state index in [1.165, 1.54) is 0 Å². The van der Waals surface area contributed by atoms with Crippen molar-refractivity contribution in [3.8, 4) is 0 Å². The quantitative estimate of drug-likeness (QED) is 0.653. The number of hydrogen-bond donors (Lipinski definition) is 1. The van der Waals surface area contributed by atoms with Crippen molar-refractivity contribution in [1.82, 2.24) is 25.3 Å². The summed E-state index contributed by atoms with van der Waals surface area (Å²) in [4.78, 5) is 26.9. The molecular formula is C23H30N6O2. The maximum absolute atomic E-state index is 13.0. The molecule has 1 amide bonds. The van der Waals surface area contributed by atoms with Gasteiger partial charge in [0.05, 0.1) is 16.6 Å². The molecule has 0 unspecified atom stereocenters. The molecule has 3 aromatic rings. The second-order valence-electron chi connectivity index (χ2n) is 8.33. The maximum atomic E-state index is 13.0. The van der Waals surface area contributed by atoms with E-state index in [2.05, 4.69) is 37.2 Å². The third-order valence-electron chi connectivity index (χ3n) is 5.88. The number of carbonyl (C=O) groups is 1. The summed E-state index contributed by atoms with van der Waals surface area (Å²) in [6.07, 6.45) is 1.84. The van der Waals surface area contributed by atoms with Gasteiger partial charge in [-0.1, -0.05) is 32.0 Å². The van der Waals surface area contributed by atoms with Gasteiger partial charge in [-0.3, -0.25) is 4.79 Å². The average Bonchev–Trinajstić information content (AvgIpc) is 3.18. The number of hydrogen-bond acceptors (Lipinski definition) is 7. The number of fused-ring (bicyclic) bond motifs is 1. The Morgan fingerprint density at radius 1 is 1.23 bits per heavy atom. The summed E-state index contributed by atoms with van der Waals surface area (Å²) in [5.74, 6) is 1.00. The largest absolute Gasteiger partial charge is 0.354 e. The van der Waals surface area contributed by atoms with Crippen LogP contribution >= 0.6 is 0 Å². The minimum Gasteiger partial charge on any atom is -0.354 e. The van der Waals surface area contributed by atoms with Crippen LogP contribution in [0.4, 0.5) is 5.82 Å². The summed E-state index contributed by atoms with van der Waals surface area (Å²) in [6.45, 7) is 13.7. The van der Waals surface area contributed by atoms with E-state index in [1.807, 2.05) is 45.2 Å². The summed E-state index contributed by atoms with van der Waals surface area (Å²) in [5.41, 5.74) is 3.38. The van der Waals surface area contributed by atoms with E-state index < -0.39 is 0 Å². The average molecular weight is 423 g/mol. The molecule has 4 heterocycles. The van der Waals surface area contributed by atoms with E-state index in [0.717, 1.165) is 49.8 Å². The fourth-order valence-corrected chi connectivity index (χ4v) is 3.87. The van der Waals surface area contributed by atoms with Crippen molar-refractivity contribution in [3.05, 3.63) is 46.9 Å². The number of anilines is 1. The SMILES string of the molecule is CCN1CCN(c2ccc(CNC(=O)c3cc(C(C)C)nc4onc(C)c34)cn2)CC1. The number of rotatable bonds is 6. The van der Waals surface area contributed by atoms with E-state index in [9.17, 15) is 4.79 Å². The van der Waals surface area contributed by atoms with Crippen molar-refractivity contribution in [2.24, 2.45) is 0 Å². The zero-order valence-electron chi connectivity index (χ0n) is 18.7. The van der Waals surface area contributed by atoms with Gasteiger partial charge in [0, 0.05) is 44.6 Å². The molecule has 0 bridgehead atoms. The smallest absolute Gasteiger partial charge is 0.259 e. The molecule has 164 valence electrons. The molecule has 1 aliphatic rings. The molecule has 1 aliphatic heterocycles. The number of amides is 1. The van der Waals surface area contributed by atoms with Gasteiger partial charge in [0.15, 0.2) is 0 Å². The molecule has 1 fully saturated rings. The van der Waals surface area contributed by atoms with Crippen LogP contribution in [0.5, 0.6) is 0 Å². The monoisotopic (exact) mass is 422 g/mol. The third kappa shape index (κ3) is 4.54. The summed E-state index contributed by atoms with van der Waals surface area (Å²) >= 11 is 0. The Hall–Kier alpha value is -3.00. The third-order valence-corrected chi connectivity index (χ3v) is 5.88. The molecule has 0 spiro atoms. The number of likely N-dealkylation sites (N-methyl/N-ethyl adjacent to an activating group) is 1. The van der Waals surface area contributed by atoms with Crippen molar-refractivity contribution >= 4 is 22.8 Å². The highest BCUT2D eigenvalue weighted by molar-refractivity contribution is 6.06. The number of pyridine rings is 2. The molecule has 1 N–H and O–H groups in total. The Kier molecular flexibility index (Phi) is 6.18. The standard InChI is InChI=1S/C23H30N6O2/c1-5-28-8-10-29(11-9-28)20-7-6-17(13-24-20)14-25-22(30)18-12-19(15(2)3)26-23-21(18)16(4)27-31-23/h6-7,12-13,15H,5,8-11,14H2,1-4H3,(H,25,30). The summed E-state index contributed by atoms with van der Waals surface area (Å²) in [6, 6.07) is 5.90. The minimum atomic E-state index is -0.166. The topological polar surface area (TPSA) is 87.4 Å². The van der Waals surface area contributed by atoms with Gasteiger partial charge in [-0.2, -0.15) is 0 Å². The fourth-order valence-electron chi connectivity index (χ4n) is 3.87. The van der Waals surface area contributed by atoms with Gasteiger partial charge in [-0.15, -0.1) is 0 Å². The second-order valence-corrected chi connectivity index (χ2v) is 8.33. The molecular weight excluding hydrogens is 392 g/mol. The first-order valence-electron chi connectivity index (χ1n) is 10.9. The highest BCUT2D eigenvalue weighted by atomic mass is 16.5. The van der Waals surface area contributed by atoms with Crippen LogP contribution in [0, 0.1) is 6.92 Å². The molecule has 4 rings (SSSR count). The molecule has 0 saturated carbocycles. The van der Waals surface area contributed by atoms with Crippen LogP contribution in [-0.4, -0.2) is 58.7 Å². The van der Waals surface area contributed by atoms with Gasteiger partial charge < -0.3 is 19.6 Å². The first-order valence-corrected chi connectivity index (χ1v) is 10.9. The lowest BCUT2D eigenvalue weighted by atomic mass is 10.0. The fraction of sp³-hybridized carbons (Fsp3) is 0.478. The molecule has 0 aliphatic carbocycles. The number of nitrogens with one attached hydrogen (secondary N) is 1. The van der Waals surface area contributed by atoms with Crippen LogP contribution in [0.1, 0.15) is 54.0 Å². The van der Waals surface area contributed by atoms with E-state index in [1.54, 1.807) is 0 Å². The van der Waals surface area contributed by atoms with Crippen molar-refractivity contribution in [2.75, 3.05) is 37.6 Å². The van der Waals surface area contributed by atoms with Crippen molar-refractivity contribution < 1.29 is 9.32 Å². The summed E-state index contributed by atoms with van der Waals surface area (Å²) in [7, 11) is 0. The molecule has 0 atom stereocenters. The number of carbonyl (C=O) groups excluding carboxylic acids is 1. The molecule has 8 nitrogen and oxygen atoms in total. The van der Waals surface area contributed by atoms with Crippen LogP contribution in [0.3, 0.4) is 0 Å². The normalized spacial score (nSPS) is 15.1. The Balaban J connectivity index is 1.44. The number of aryl methyl sites for hydroxylation is 1. The molecule has 0 aromatic carbocycles. The van der Waals surface area contributed by atoms with Crippen LogP contribution in [0.25, 0.3) is 11.1 Å². The molecule has 31 heavy (non-hydrogen) atoms. The molecule has 0 radical (unpaired) electrons. The highest BCUT2D eigenvalue weighted by Gasteiger charge is 2.20. The first kappa shape index (κ1) is 21.2. The summed E-state index contributed by atoms with van der Waals surface area (Å²) < 4.78 is 5.32. The van der Waals surface area contributed by atoms with Crippen LogP contribution in [0.15, 0.2) is 28.9 Å². The van der Waals surface area contributed by atoms with Gasteiger partial charge in [0.2, 0.25) is 0 Å². The van der Waals surface area contributed by atoms with Crippen LogP contribution in [0.2, 0.25) is 0 Å². The van der Waals surface area contributed by atoms with E-state index in [4.69, 9.17) is 4.52 Å². The van der Waals surface area contributed by atoms with Gasteiger partial charge in [-0.25, -0.2) is 9.97 Å². The van der Waals surface area contributed by atoms with E-state index in [0.29, 0.717) is 28.9 Å². The molecule has 8 heteroatoms. The van der Waals surface area contributed by atoms with Crippen molar-refractivity contribution in [3.63, 3.8) is 0 Å². The zero-order valence-corrected chi connectivity index (χ0v) is 18.7. The van der Waals surface area contributed by atoms with Gasteiger partial charge in [0.1, 0.15) is 5.82 Å². The lowest BCUT2D eigenvalue weighted by Crippen LogP contribution is -2.46. The lowest BCUT2D eigenvalue weighted by Gasteiger charge is -2.34. The van der Waals surface area contributed by atoms with Gasteiger partial charge >= 0.3 is 0 Å². The minimum absolute atomic E-state index is 0.166. The zero-order chi connectivity index (χ0) is 22.0. The molecule has 1 saturated heterocycles. The Labute approximate surface area is 182 Å². The van der Waals surface area contributed by atoms with E-state index >= 15 is 0 Å².